The van der Waals surface area contributed by atoms with Crippen LogP contribution in [0.2, 0.25) is 0 Å². The van der Waals surface area contributed by atoms with Crippen molar-refractivity contribution in [1.82, 2.24) is 20.5 Å². The van der Waals surface area contributed by atoms with Gasteiger partial charge in [-0.25, -0.2) is 13.4 Å². The highest BCUT2D eigenvalue weighted by Gasteiger charge is 2.17. The van der Waals surface area contributed by atoms with Crippen molar-refractivity contribution in [3.63, 3.8) is 0 Å². The summed E-state index contributed by atoms with van der Waals surface area (Å²) in [4.78, 5) is 16.7. The zero-order chi connectivity index (χ0) is 21.9. The summed E-state index contributed by atoms with van der Waals surface area (Å²) in [5.41, 5.74) is 2.80. The lowest BCUT2D eigenvalue weighted by molar-refractivity contribution is 0.0963. The number of anilines is 4. The quantitative estimate of drug-likeness (QED) is 0.549. The SMILES string of the molecule is CNC(=O)c1cnc(Nc2cc(C)c(C)nn2)cc1Nc1ccccc1S(C)(=O)=O. The molecule has 0 fully saturated rings. The number of benzene rings is 1. The van der Waals surface area contributed by atoms with Gasteiger partial charge < -0.3 is 16.0 Å². The third-order valence-electron chi connectivity index (χ3n) is 4.42. The van der Waals surface area contributed by atoms with Gasteiger partial charge in [0.05, 0.1) is 27.5 Å². The molecule has 3 rings (SSSR count). The minimum absolute atomic E-state index is 0.124. The molecule has 156 valence electrons. The number of aromatic nitrogens is 3. The molecule has 0 spiro atoms. The molecule has 0 saturated heterocycles. The highest BCUT2D eigenvalue weighted by molar-refractivity contribution is 7.90. The Morgan fingerprint density at radius 2 is 1.70 bits per heavy atom. The second-order valence-electron chi connectivity index (χ2n) is 6.71. The van der Waals surface area contributed by atoms with Crippen molar-refractivity contribution in [3.05, 3.63) is 59.4 Å². The number of sulfone groups is 1. The van der Waals surface area contributed by atoms with Crippen molar-refractivity contribution < 1.29 is 13.2 Å². The number of para-hydroxylation sites is 1. The van der Waals surface area contributed by atoms with E-state index in [-0.39, 0.29) is 16.4 Å². The van der Waals surface area contributed by atoms with Crippen LogP contribution in [0, 0.1) is 13.8 Å². The standard InChI is InChI=1S/C20H22N6O3S/c1-12-9-19(26-25-13(12)2)24-18-10-16(14(11-22-18)20(27)21-3)23-15-7-5-6-8-17(15)30(4,28)29/h5-11H,1-4H3,(H,21,27)(H2,22,23,24,26). The van der Waals surface area contributed by atoms with Crippen molar-refractivity contribution in [3.8, 4) is 0 Å². The topological polar surface area (TPSA) is 126 Å². The molecular weight excluding hydrogens is 404 g/mol. The Kier molecular flexibility index (Phi) is 5.97. The molecule has 3 N–H and O–H groups in total. The Hall–Kier alpha value is -3.53. The van der Waals surface area contributed by atoms with Gasteiger partial charge in [-0.05, 0) is 37.6 Å². The van der Waals surface area contributed by atoms with Crippen molar-refractivity contribution >= 4 is 38.8 Å². The number of carbonyl (C=O) groups excluding carboxylic acids is 1. The van der Waals surface area contributed by atoms with Crippen LogP contribution >= 0.6 is 0 Å². The van der Waals surface area contributed by atoms with Crippen LogP contribution < -0.4 is 16.0 Å². The largest absolute Gasteiger partial charge is 0.355 e. The number of pyridine rings is 1. The maximum Gasteiger partial charge on any atom is 0.254 e. The molecule has 3 aromatic rings. The van der Waals surface area contributed by atoms with Crippen LogP contribution in [0.3, 0.4) is 0 Å². The molecule has 9 nitrogen and oxygen atoms in total. The number of aryl methyl sites for hydroxylation is 2. The van der Waals surface area contributed by atoms with E-state index in [0.717, 1.165) is 17.5 Å². The van der Waals surface area contributed by atoms with Crippen molar-refractivity contribution in [2.45, 2.75) is 18.7 Å². The first kappa shape index (κ1) is 21.2. The molecule has 0 atom stereocenters. The Bertz CT molecular complexity index is 1210. The highest BCUT2D eigenvalue weighted by Crippen LogP contribution is 2.28. The van der Waals surface area contributed by atoms with E-state index in [4.69, 9.17) is 0 Å². The Labute approximate surface area is 174 Å². The zero-order valence-corrected chi connectivity index (χ0v) is 17.8. The summed E-state index contributed by atoms with van der Waals surface area (Å²) in [5.74, 6) is 0.555. The van der Waals surface area contributed by atoms with Gasteiger partial charge in [0.1, 0.15) is 5.82 Å². The van der Waals surface area contributed by atoms with Gasteiger partial charge in [-0.3, -0.25) is 4.79 Å². The number of rotatable bonds is 6. The van der Waals surface area contributed by atoms with E-state index in [9.17, 15) is 13.2 Å². The van der Waals surface area contributed by atoms with Gasteiger partial charge in [-0.2, -0.15) is 5.10 Å². The Morgan fingerprint density at radius 1 is 0.967 bits per heavy atom. The van der Waals surface area contributed by atoms with E-state index < -0.39 is 9.84 Å². The highest BCUT2D eigenvalue weighted by atomic mass is 32.2. The maximum absolute atomic E-state index is 12.3. The van der Waals surface area contributed by atoms with Crippen LogP contribution in [0.15, 0.2) is 47.5 Å². The van der Waals surface area contributed by atoms with Crippen LogP contribution in [-0.2, 0) is 9.84 Å². The second-order valence-corrected chi connectivity index (χ2v) is 8.69. The predicted molar refractivity (Wildman–Crippen MR) is 115 cm³/mol. The number of nitrogens with zero attached hydrogens (tertiary/aromatic N) is 3. The lowest BCUT2D eigenvalue weighted by Crippen LogP contribution is -2.20. The van der Waals surface area contributed by atoms with Crippen LogP contribution in [0.25, 0.3) is 0 Å². The van der Waals surface area contributed by atoms with Gasteiger partial charge in [-0.15, -0.1) is 5.10 Å². The molecule has 2 aromatic heterocycles. The third kappa shape index (κ3) is 4.71. The summed E-state index contributed by atoms with van der Waals surface area (Å²) in [6, 6.07) is 9.93. The molecule has 2 heterocycles. The fraction of sp³-hybridized carbons (Fsp3) is 0.200. The molecule has 1 aromatic carbocycles. The first-order chi connectivity index (χ1) is 14.2. The van der Waals surface area contributed by atoms with Crippen LogP contribution in [0.5, 0.6) is 0 Å². The van der Waals surface area contributed by atoms with E-state index in [0.29, 0.717) is 23.0 Å². The summed E-state index contributed by atoms with van der Waals surface area (Å²) in [6.45, 7) is 3.79. The first-order valence-corrected chi connectivity index (χ1v) is 10.9. The zero-order valence-electron chi connectivity index (χ0n) is 17.0. The molecule has 0 aliphatic rings. The molecule has 0 bridgehead atoms. The van der Waals surface area contributed by atoms with Gasteiger partial charge in [-0.1, -0.05) is 12.1 Å². The number of nitrogens with one attached hydrogen (secondary N) is 3. The average Bonchev–Trinajstić information content (AvgIpc) is 2.70. The van der Waals surface area contributed by atoms with Crippen LogP contribution in [-0.4, -0.2) is 42.8 Å². The maximum atomic E-state index is 12.3. The summed E-state index contributed by atoms with van der Waals surface area (Å²) >= 11 is 0. The fourth-order valence-electron chi connectivity index (χ4n) is 2.72. The second kappa shape index (κ2) is 8.46. The number of amides is 1. The van der Waals surface area contributed by atoms with Crippen molar-refractivity contribution in [2.24, 2.45) is 0 Å². The van der Waals surface area contributed by atoms with Gasteiger partial charge in [0.2, 0.25) is 0 Å². The average molecular weight is 427 g/mol. The van der Waals surface area contributed by atoms with Gasteiger partial charge >= 0.3 is 0 Å². The molecule has 30 heavy (non-hydrogen) atoms. The van der Waals surface area contributed by atoms with Gasteiger partial charge in [0.25, 0.3) is 5.91 Å². The molecule has 1 amide bonds. The van der Waals surface area contributed by atoms with E-state index in [2.05, 4.69) is 31.1 Å². The monoisotopic (exact) mass is 426 g/mol. The predicted octanol–water partition coefficient (Wildman–Crippen LogP) is 2.74. The number of hydrogen-bond donors (Lipinski definition) is 3. The van der Waals surface area contributed by atoms with Crippen molar-refractivity contribution in [1.29, 1.82) is 0 Å². The van der Waals surface area contributed by atoms with E-state index >= 15 is 0 Å². The summed E-state index contributed by atoms with van der Waals surface area (Å²) < 4.78 is 24.3. The minimum atomic E-state index is -3.47. The number of hydrogen-bond acceptors (Lipinski definition) is 8. The summed E-state index contributed by atoms with van der Waals surface area (Å²) in [6.07, 6.45) is 2.53. The normalized spacial score (nSPS) is 11.1. The van der Waals surface area contributed by atoms with Gasteiger partial charge in [0.15, 0.2) is 15.7 Å². The third-order valence-corrected chi connectivity index (χ3v) is 5.57. The molecule has 0 radical (unpaired) electrons. The van der Waals surface area contributed by atoms with E-state index in [1.165, 1.54) is 19.3 Å². The molecule has 0 unspecified atom stereocenters. The smallest absolute Gasteiger partial charge is 0.254 e. The lowest BCUT2D eigenvalue weighted by atomic mass is 10.2. The molecular formula is C20H22N6O3S. The minimum Gasteiger partial charge on any atom is -0.355 e. The Balaban J connectivity index is 2.02. The van der Waals surface area contributed by atoms with E-state index in [1.54, 1.807) is 24.3 Å². The molecule has 0 saturated carbocycles. The summed E-state index contributed by atoms with van der Waals surface area (Å²) in [7, 11) is -1.97. The lowest BCUT2D eigenvalue weighted by Gasteiger charge is -2.15. The summed E-state index contributed by atoms with van der Waals surface area (Å²) in [5, 5.41) is 16.8. The Morgan fingerprint density at radius 3 is 2.37 bits per heavy atom. The van der Waals surface area contributed by atoms with Crippen molar-refractivity contribution in [2.75, 3.05) is 23.9 Å². The van der Waals surface area contributed by atoms with Crippen LogP contribution in [0.4, 0.5) is 23.0 Å². The number of carbonyl (C=O) groups is 1. The molecule has 0 aliphatic heterocycles. The van der Waals surface area contributed by atoms with Gasteiger partial charge in [0, 0.05) is 25.6 Å². The molecule has 0 aliphatic carbocycles. The fourth-order valence-corrected chi connectivity index (χ4v) is 3.56. The first-order valence-electron chi connectivity index (χ1n) is 9.05. The van der Waals surface area contributed by atoms with Crippen LogP contribution in [0.1, 0.15) is 21.6 Å². The molecule has 10 heteroatoms. The van der Waals surface area contributed by atoms with E-state index in [1.807, 2.05) is 19.9 Å².